The first-order valence-corrected chi connectivity index (χ1v) is 6.28. The Labute approximate surface area is 110 Å². The molecule has 0 radical (unpaired) electrons. The predicted octanol–water partition coefficient (Wildman–Crippen LogP) is 3.21. The number of carbonyl (C=O) groups excluding carboxylic acids is 1. The molecule has 2 heterocycles. The highest BCUT2D eigenvalue weighted by Gasteiger charge is 2.50. The van der Waals surface area contributed by atoms with Gasteiger partial charge in [-0.1, -0.05) is 42.5 Å². The van der Waals surface area contributed by atoms with Crippen LogP contribution in [-0.2, 0) is 10.3 Å². The van der Waals surface area contributed by atoms with Gasteiger partial charge in [0, 0.05) is 16.7 Å². The van der Waals surface area contributed by atoms with E-state index < -0.39 is 11.9 Å². The summed E-state index contributed by atoms with van der Waals surface area (Å²) in [6, 6.07) is 15.0. The van der Waals surface area contributed by atoms with Crippen LogP contribution in [0.5, 0.6) is 5.75 Å². The molecule has 0 aromatic heterocycles. The summed E-state index contributed by atoms with van der Waals surface area (Å²) in [5, 5.41) is 0. The largest absolute Gasteiger partial charge is 0.460 e. The van der Waals surface area contributed by atoms with Crippen molar-refractivity contribution >= 4 is 5.78 Å². The first kappa shape index (κ1) is 10.8. The summed E-state index contributed by atoms with van der Waals surface area (Å²) in [4.78, 5) is 12.7. The zero-order valence-electron chi connectivity index (χ0n) is 10.4. The number of hydrogen-bond donors (Lipinski definition) is 0. The summed E-state index contributed by atoms with van der Waals surface area (Å²) in [6.07, 6.45) is -0.506. The number of carbonyl (C=O) groups is 1. The van der Waals surface area contributed by atoms with Gasteiger partial charge in [-0.25, -0.2) is 0 Å². The molecule has 2 aromatic rings. The number of para-hydroxylation sites is 1. The van der Waals surface area contributed by atoms with Gasteiger partial charge >= 0.3 is 0 Å². The van der Waals surface area contributed by atoms with Crippen molar-refractivity contribution in [3.05, 3.63) is 65.2 Å². The summed E-state index contributed by atoms with van der Waals surface area (Å²) >= 11 is 0. The average Bonchev–Trinajstić information content (AvgIpc) is 2.45. The van der Waals surface area contributed by atoms with Crippen LogP contribution in [0.25, 0.3) is 0 Å². The molecule has 0 saturated carbocycles. The van der Waals surface area contributed by atoms with E-state index in [1.54, 1.807) is 0 Å². The molecule has 2 aromatic carbocycles. The summed E-state index contributed by atoms with van der Waals surface area (Å²) in [5.41, 5.74) is 1.34. The molecule has 0 saturated heterocycles. The van der Waals surface area contributed by atoms with Crippen molar-refractivity contribution in [2.45, 2.75) is 18.8 Å². The predicted molar refractivity (Wildman–Crippen MR) is 69.0 cm³/mol. The van der Waals surface area contributed by atoms with E-state index in [4.69, 9.17) is 9.47 Å². The van der Waals surface area contributed by atoms with E-state index in [9.17, 15) is 4.79 Å². The van der Waals surface area contributed by atoms with Gasteiger partial charge in [0.1, 0.15) is 5.75 Å². The van der Waals surface area contributed by atoms with Crippen LogP contribution in [0.2, 0.25) is 0 Å². The standard InChI is InChI=1S/C16H12O3/c1-16-12-8-4-5-9-13(12)18-15(19-16)11-7-3-2-6-10(11)14(16)17/h2-9,15H,1H3/t15-,16-/m0/s1. The number of Topliss-reactive ketones (excluding diaryl/α,β-unsaturated/α-hetero) is 1. The monoisotopic (exact) mass is 252 g/mol. The Balaban J connectivity index is 2.00. The second kappa shape index (κ2) is 3.45. The van der Waals surface area contributed by atoms with Crippen LogP contribution in [0.3, 0.4) is 0 Å². The molecule has 0 fully saturated rings. The number of fused-ring (bicyclic) bond motifs is 6. The van der Waals surface area contributed by atoms with Crippen LogP contribution in [0.15, 0.2) is 48.5 Å². The van der Waals surface area contributed by atoms with Crippen LogP contribution >= 0.6 is 0 Å². The van der Waals surface area contributed by atoms with Gasteiger partial charge in [0.2, 0.25) is 6.29 Å². The van der Waals surface area contributed by atoms with E-state index in [1.165, 1.54) is 0 Å². The molecule has 0 unspecified atom stereocenters. The Bertz CT molecular complexity index is 692. The number of ketones is 1. The van der Waals surface area contributed by atoms with E-state index in [1.807, 2.05) is 55.5 Å². The molecule has 2 aliphatic rings. The Morgan fingerprint density at radius 2 is 1.79 bits per heavy atom. The molecule has 3 nitrogen and oxygen atoms in total. The maximum Gasteiger partial charge on any atom is 0.228 e. The summed E-state index contributed by atoms with van der Waals surface area (Å²) < 4.78 is 11.8. The molecule has 2 atom stereocenters. The molecular weight excluding hydrogens is 240 g/mol. The van der Waals surface area contributed by atoms with Gasteiger partial charge in [-0.15, -0.1) is 0 Å². The third-order valence-corrected chi connectivity index (χ3v) is 3.87. The molecule has 2 bridgehead atoms. The molecule has 2 aliphatic heterocycles. The Morgan fingerprint density at radius 1 is 1.05 bits per heavy atom. The maximum atomic E-state index is 12.7. The first-order chi connectivity index (χ1) is 9.20. The first-order valence-electron chi connectivity index (χ1n) is 6.28. The van der Waals surface area contributed by atoms with Crippen LogP contribution in [0.4, 0.5) is 0 Å². The fourth-order valence-corrected chi connectivity index (χ4v) is 2.85. The molecule has 0 N–H and O–H groups in total. The number of rotatable bonds is 0. The van der Waals surface area contributed by atoms with Crippen molar-refractivity contribution < 1.29 is 14.3 Å². The van der Waals surface area contributed by atoms with E-state index in [-0.39, 0.29) is 5.78 Å². The lowest BCUT2D eigenvalue weighted by Gasteiger charge is -2.43. The van der Waals surface area contributed by atoms with Gasteiger partial charge in [-0.2, -0.15) is 0 Å². The van der Waals surface area contributed by atoms with Crippen LogP contribution in [-0.4, -0.2) is 5.78 Å². The molecule has 0 aliphatic carbocycles. The van der Waals surface area contributed by atoms with Crippen LogP contribution in [0.1, 0.15) is 34.7 Å². The van der Waals surface area contributed by atoms with E-state index in [0.29, 0.717) is 5.56 Å². The summed E-state index contributed by atoms with van der Waals surface area (Å²) in [5.74, 6) is 0.721. The molecule has 4 rings (SSSR count). The molecule has 94 valence electrons. The van der Waals surface area contributed by atoms with Crippen molar-refractivity contribution in [2.24, 2.45) is 0 Å². The van der Waals surface area contributed by atoms with Crippen molar-refractivity contribution in [3.8, 4) is 5.75 Å². The molecule has 0 spiro atoms. The van der Waals surface area contributed by atoms with Crippen LogP contribution in [0, 0.1) is 0 Å². The highest BCUT2D eigenvalue weighted by Crippen LogP contribution is 2.49. The third kappa shape index (κ3) is 1.28. The minimum atomic E-state index is -0.951. The summed E-state index contributed by atoms with van der Waals surface area (Å²) in [6.45, 7) is 1.82. The zero-order chi connectivity index (χ0) is 13.0. The molecule has 0 amide bonds. The maximum absolute atomic E-state index is 12.7. The van der Waals surface area contributed by atoms with Gasteiger partial charge in [0.25, 0.3) is 0 Å². The SMILES string of the molecule is C[C@]12O[C@H](Oc3ccccc31)c1ccccc1C2=O. The lowest BCUT2D eigenvalue weighted by molar-refractivity contribution is -0.179. The Morgan fingerprint density at radius 3 is 2.68 bits per heavy atom. The van der Waals surface area contributed by atoms with Gasteiger partial charge in [0.15, 0.2) is 11.4 Å². The normalized spacial score (nSPS) is 27.2. The minimum Gasteiger partial charge on any atom is -0.460 e. The molecule has 19 heavy (non-hydrogen) atoms. The molecular formula is C16H12O3. The number of benzene rings is 2. The quantitative estimate of drug-likeness (QED) is 0.722. The van der Waals surface area contributed by atoms with Gasteiger partial charge in [0.05, 0.1) is 0 Å². The average molecular weight is 252 g/mol. The third-order valence-electron chi connectivity index (χ3n) is 3.87. The van der Waals surface area contributed by atoms with E-state index in [0.717, 1.165) is 16.9 Å². The number of ether oxygens (including phenoxy) is 2. The van der Waals surface area contributed by atoms with E-state index >= 15 is 0 Å². The smallest absolute Gasteiger partial charge is 0.228 e. The van der Waals surface area contributed by atoms with E-state index in [2.05, 4.69) is 0 Å². The second-order valence-electron chi connectivity index (χ2n) is 5.01. The second-order valence-corrected chi connectivity index (χ2v) is 5.01. The van der Waals surface area contributed by atoms with Gasteiger partial charge in [-0.3, -0.25) is 4.79 Å². The zero-order valence-corrected chi connectivity index (χ0v) is 10.4. The van der Waals surface area contributed by atoms with Crippen LogP contribution < -0.4 is 4.74 Å². The minimum absolute atomic E-state index is 0.00454. The highest BCUT2D eigenvalue weighted by atomic mass is 16.7. The lowest BCUT2D eigenvalue weighted by atomic mass is 9.81. The fourth-order valence-electron chi connectivity index (χ4n) is 2.85. The van der Waals surface area contributed by atoms with Crippen molar-refractivity contribution in [2.75, 3.05) is 0 Å². The van der Waals surface area contributed by atoms with Gasteiger partial charge < -0.3 is 9.47 Å². The van der Waals surface area contributed by atoms with Crippen molar-refractivity contribution in [1.29, 1.82) is 0 Å². The lowest BCUT2D eigenvalue weighted by Crippen LogP contribution is -2.46. The molecule has 3 heteroatoms. The Kier molecular flexibility index (Phi) is 1.96. The fraction of sp³-hybridized carbons (Fsp3) is 0.188. The van der Waals surface area contributed by atoms with Crippen molar-refractivity contribution in [1.82, 2.24) is 0 Å². The van der Waals surface area contributed by atoms with Gasteiger partial charge in [-0.05, 0) is 13.0 Å². The van der Waals surface area contributed by atoms with Crippen molar-refractivity contribution in [3.63, 3.8) is 0 Å². The number of hydrogen-bond acceptors (Lipinski definition) is 3. The topological polar surface area (TPSA) is 35.5 Å². The Hall–Kier alpha value is -2.13. The summed E-state index contributed by atoms with van der Waals surface area (Å²) in [7, 11) is 0. The highest BCUT2D eigenvalue weighted by molar-refractivity contribution is 6.05.